The second-order valence-electron chi connectivity index (χ2n) is 5.03. The van der Waals surface area contributed by atoms with Crippen molar-refractivity contribution in [3.05, 3.63) is 33.9 Å². The van der Waals surface area contributed by atoms with Gasteiger partial charge in [0.2, 0.25) is 0 Å². The van der Waals surface area contributed by atoms with Gasteiger partial charge in [0.05, 0.1) is 11.5 Å². The summed E-state index contributed by atoms with van der Waals surface area (Å²) in [6.45, 7) is 5.50. The highest BCUT2D eigenvalue weighted by Gasteiger charge is 2.20. The molecule has 7 nitrogen and oxygen atoms in total. The molecule has 0 heterocycles. The number of carboxylic acids is 1. The Bertz CT molecular complexity index is 516. The Morgan fingerprint density at radius 2 is 2.14 bits per heavy atom. The first kappa shape index (κ1) is 16.9. The summed E-state index contributed by atoms with van der Waals surface area (Å²) in [5.41, 5.74) is 0.534. The Morgan fingerprint density at radius 1 is 1.48 bits per heavy atom. The molecule has 1 atom stereocenters. The van der Waals surface area contributed by atoms with Crippen LogP contribution in [0.1, 0.15) is 25.8 Å². The van der Waals surface area contributed by atoms with Gasteiger partial charge in [-0.15, -0.1) is 0 Å². The minimum Gasteiger partial charge on any atom is -0.487 e. The number of carboxylic acid groups (broad SMARTS) is 1. The van der Waals surface area contributed by atoms with Crippen molar-refractivity contribution in [2.45, 2.75) is 39.3 Å². The molecule has 7 heteroatoms. The van der Waals surface area contributed by atoms with Gasteiger partial charge < -0.3 is 15.2 Å². The fourth-order valence-corrected chi connectivity index (χ4v) is 1.93. The third-order valence-corrected chi connectivity index (χ3v) is 2.87. The predicted molar refractivity (Wildman–Crippen MR) is 77.6 cm³/mol. The largest absolute Gasteiger partial charge is 0.487 e. The summed E-state index contributed by atoms with van der Waals surface area (Å²) >= 11 is 0. The number of nitro groups is 1. The van der Waals surface area contributed by atoms with Crippen LogP contribution in [0, 0.1) is 17.0 Å². The molecule has 0 radical (unpaired) electrons. The zero-order valence-corrected chi connectivity index (χ0v) is 12.3. The van der Waals surface area contributed by atoms with Crippen molar-refractivity contribution < 1.29 is 19.6 Å². The van der Waals surface area contributed by atoms with E-state index in [1.807, 2.05) is 13.8 Å². The van der Waals surface area contributed by atoms with Crippen LogP contribution in [0.2, 0.25) is 0 Å². The Hall–Kier alpha value is -2.15. The molecule has 0 spiro atoms. The molecule has 0 amide bonds. The van der Waals surface area contributed by atoms with Crippen LogP contribution in [0.3, 0.4) is 0 Å². The van der Waals surface area contributed by atoms with Gasteiger partial charge in [0, 0.05) is 18.5 Å². The van der Waals surface area contributed by atoms with Gasteiger partial charge in [-0.25, -0.2) is 0 Å². The minimum atomic E-state index is -0.966. The number of nitrogens with one attached hydrogen (secondary N) is 1. The molecule has 1 unspecified atom stereocenters. The van der Waals surface area contributed by atoms with Crippen molar-refractivity contribution >= 4 is 11.7 Å². The molecule has 0 saturated heterocycles. The average molecular weight is 296 g/mol. The highest BCUT2D eigenvalue weighted by molar-refractivity contribution is 5.73. The lowest BCUT2D eigenvalue weighted by Crippen LogP contribution is -2.41. The molecule has 1 aromatic carbocycles. The molecule has 0 aliphatic heterocycles. The number of aliphatic carboxylic acids is 1. The average Bonchev–Trinajstić information content (AvgIpc) is 2.38. The highest BCUT2D eigenvalue weighted by atomic mass is 16.6. The molecule has 0 aromatic heterocycles. The van der Waals surface area contributed by atoms with Crippen molar-refractivity contribution in [1.29, 1.82) is 0 Å². The van der Waals surface area contributed by atoms with E-state index in [2.05, 4.69) is 5.32 Å². The fraction of sp³-hybridized carbons (Fsp3) is 0.500. The van der Waals surface area contributed by atoms with Crippen LogP contribution in [0.4, 0.5) is 5.69 Å². The number of aryl methyl sites for hydroxylation is 1. The fourth-order valence-electron chi connectivity index (χ4n) is 1.93. The smallest absolute Gasteiger partial charge is 0.320 e. The molecule has 2 N–H and O–H groups in total. The maximum Gasteiger partial charge on any atom is 0.320 e. The van der Waals surface area contributed by atoms with Crippen molar-refractivity contribution in [3.63, 3.8) is 0 Å². The van der Waals surface area contributed by atoms with E-state index < -0.39 is 16.9 Å². The third-order valence-electron chi connectivity index (χ3n) is 2.87. The van der Waals surface area contributed by atoms with Crippen molar-refractivity contribution in [2.24, 2.45) is 0 Å². The van der Waals surface area contributed by atoms with Crippen molar-refractivity contribution in [2.75, 3.05) is 6.61 Å². The summed E-state index contributed by atoms with van der Waals surface area (Å²) in [5.74, 6) is -0.775. The number of para-hydroxylation sites is 1. The first-order valence-corrected chi connectivity index (χ1v) is 6.68. The number of nitrogens with zero attached hydrogens (tertiary/aromatic N) is 1. The quantitative estimate of drug-likeness (QED) is 0.563. The van der Waals surface area contributed by atoms with Gasteiger partial charge in [0.1, 0.15) is 6.04 Å². The summed E-state index contributed by atoms with van der Waals surface area (Å²) in [5, 5.41) is 22.9. The van der Waals surface area contributed by atoms with Crippen LogP contribution in [0.5, 0.6) is 5.75 Å². The monoisotopic (exact) mass is 296 g/mol. The number of hydrogen-bond acceptors (Lipinski definition) is 5. The van der Waals surface area contributed by atoms with Gasteiger partial charge in [-0.2, -0.15) is 0 Å². The van der Waals surface area contributed by atoms with Crippen LogP contribution >= 0.6 is 0 Å². The molecule has 1 rings (SSSR count). The second kappa shape index (κ2) is 7.58. The molecule has 0 aliphatic rings. The van der Waals surface area contributed by atoms with Crippen molar-refractivity contribution in [1.82, 2.24) is 5.32 Å². The van der Waals surface area contributed by atoms with E-state index in [0.717, 1.165) is 0 Å². The van der Waals surface area contributed by atoms with Gasteiger partial charge in [-0.1, -0.05) is 26.0 Å². The second-order valence-corrected chi connectivity index (χ2v) is 5.03. The number of hydrogen-bond donors (Lipinski definition) is 2. The summed E-state index contributed by atoms with van der Waals surface area (Å²) < 4.78 is 5.45. The maximum atomic E-state index is 11.1. The molecule has 0 bridgehead atoms. The lowest BCUT2D eigenvalue weighted by Gasteiger charge is -2.17. The normalized spacial score (nSPS) is 12.2. The predicted octanol–water partition coefficient (Wildman–Crippen LogP) is 2.12. The van der Waals surface area contributed by atoms with Gasteiger partial charge in [0.25, 0.3) is 0 Å². The lowest BCUT2D eigenvalue weighted by atomic mass is 10.2. The highest BCUT2D eigenvalue weighted by Crippen LogP contribution is 2.30. The topological polar surface area (TPSA) is 102 Å². The van der Waals surface area contributed by atoms with E-state index in [-0.39, 0.29) is 30.5 Å². The Morgan fingerprint density at radius 3 is 2.67 bits per heavy atom. The first-order chi connectivity index (χ1) is 9.82. The summed E-state index contributed by atoms with van der Waals surface area (Å²) in [4.78, 5) is 21.5. The van der Waals surface area contributed by atoms with E-state index in [1.165, 1.54) is 6.07 Å². The molecule has 1 aromatic rings. The molecular weight excluding hydrogens is 276 g/mol. The summed E-state index contributed by atoms with van der Waals surface area (Å²) in [6, 6.07) is 3.94. The minimum absolute atomic E-state index is 0.0268. The lowest BCUT2D eigenvalue weighted by molar-refractivity contribution is -0.385. The number of ether oxygens (including phenoxy) is 1. The Kier molecular flexibility index (Phi) is 6.10. The molecule has 21 heavy (non-hydrogen) atoms. The van der Waals surface area contributed by atoms with Gasteiger partial charge in [0.15, 0.2) is 5.75 Å². The Balaban J connectivity index is 2.71. The van der Waals surface area contributed by atoms with Crippen LogP contribution in [0.25, 0.3) is 0 Å². The SMILES string of the molecule is Cc1cccc([N+](=O)[O-])c1OCCC(NC(C)C)C(=O)O. The van der Waals surface area contributed by atoms with Gasteiger partial charge in [-0.05, 0) is 12.5 Å². The zero-order chi connectivity index (χ0) is 16.0. The molecule has 0 fully saturated rings. The molecule has 0 aliphatic carbocycles. The Labute approximate surface area is 123 Å². The standard InChI is InChI=1S/C14H20N2O5/c1-9(2)15-11(14(17)18)7-8-21-13-10(3)5-4-6-12(13)16(19)20/h4-6,9,11,15H,7-8H2,1-3H3,(H,17,18). The molecule has 0 saturated carbocycles. The van der Waals surface area contributed by atoms with Gasteiger partial charge in [-0.3, -0.25) is 14.9 Å². The summed E-state index contributed by atoms with van der Waals surface area (Å²) in [6.07, 6.45) is 0.221. The summed E-state index contributed by atoms with van der Waals surface area (Å²) in [7, 11) is 0. The maximum absolute atomic E-state index is 11.1. The molecule has 116 valence electrons. The van der Waals surface area contributed by atoms with Crippen LogP contribution in [-0.4, -0.2) is 34.7 Å². The third kappa shape index (κ3) is 5.03. The van der Waals surface area contributed by atoms with Crippen LogP contribution < -0.4 is 10.1 Å². The van der Waals surface area contributed by atoms with Gasteiger partial charge >= 0.3 is 11.7 Å². The number of nitro benzene ring substituents is 1. The van der Waals surface area contributed by atoms with E-state index >= 15 is 0 Å². The number of rotatable bonds is 8. The van der Waals surface area contributed by atoms with E-state index in [1.54, 1.807) is 19.1 Å². The van der Waals surface area contributed by atoms with Crippen LogP contribution in [-0.2, 0) is 4.79 Å². The molecular formula is C14H20N2O5. The van der Waals surface area contributed by atoms with Crippen LogP contribution in [0.15, 0.2) is 18.2 Å². The van der Waals surface area contributed by atoms with E-state index in [0.29, 0.717) is 5.56 Å². The number of benzene rings is 1. The van der Waals surface area contributed by atoms with Crippen molar-refractivity contribution in [3.8, 4) is 5.75 Å². The number of carbonyl (C=O) groups is 1. The van der Waals surface area contributed by atoms with E-state index in [4.69, 9.17) is 9.84 Å². The van der Waals surface area contributed by atoms with E-state index in [9.17, 15) is 14.9 Å². The first-order valence-electron chi connectivity index (χ1n) is 6.68. The zero-order valence-electron chi connectivity index (χ0n) is 12.3.